The number of esters is 1. The van der Waals surface area contributed by atoms with Crippen molar-refractivity contribution >= 4 is 63.1 Å². The second-order valence-electron chi connectivity index (χ2n) is 7.34. The van der Waals surface area contributed by atoms with Crippen LogP contribution >= 0.6 is 39.1 Å². The molecule has 0 spiro atoms. The molecule has 11 heteroatoms. The summed E-state index contributed by atoms with van der Waals surface area (Å²) in [5.41, 5.74) is 1.35. The Hall–Kier alpha value is -3.27. The second-order valence-corrected chi connectivity index (χ2v) is 9.10. The van der Waals surface area contributed by atoms with Crippen LogP contribution in [0, 0.1) is 0 Å². The zero-order valence-corrected chi connectivity index (χ0v) is 21.2. The number of hydrogen-bond acceptors (Lipinski definition) is 6. The third-order valence-corrected chi connectivity index (χ3v) is 6.07. The molecule has 0 radical (unpaired) electrons. The van der Waals surface area contributed by atoms with Crippen LogP contribution in [-0.2, 0) is 22.7 Å². The molecule has 1 N–H and O–H groups in total. The highest BCUT2D eigenvalue weighted by atomic mass is 79.9. The smallest absolute Gasteiger partial charge is 0.373 e. The van der Waals surface area contributed by atoms with E-state index in [1.54, 1.807) is 36.4 Å². The lowest BCUT2D eigenvalue weighted by atomic mass is 10.1. The van der Waals surface area contributed by atoms with Gasteiger partial charge in [0.2, 0.25) is 5.76 Å². The number of carbonyl (C=O) groups is 3. The van der Waals surface area contributed by atoms with E-state index < -0.39 is 17.9 Å². The first-order chi connectivity index (χ1) is 16.7. The molecule has 0 saturated carbocycles. The van der Waals surface area contributed by atoms with Crippen LogP contribution in [0.3, 0.4) is 0 Å². The number of imide groups is 1. The first-order valence-electron chi connectivity index (χ1n) is 10.1. The molecule has 4 rings (SSSR count). The number of furan rings is 1. The SMILES string of the molecule is COC(=O)c1ccc(CN2C(=O)N/C(=C\c3cc(Br)ccc3OCc3ccc(Cl)cc3Cl)C2=O)o1. The summed E-state index contributed by atoms with van der Waals surface area (Å²) in [6.45, 7) is 0.0111. The zero-order valence-electron chi connectivity index (χ0n) is 18.1. The molecule has 8 nitrogen and oxygen atoms in total. The molecule has 1 saturated heterocycles. The number of nitrogens with one attached hydrogen (secondary N) is 1. The molecule has 0 unspecified atom stereocenters. The fourth-order valence-corrected chi connectivity index (χ4v) is 4.10. The van der Waals surface area contributed by atoms with Crippen molar-refractivity contribution in [3.63, 3.8) is 0 Å². The molecule has 0 bridgehead atoms. The van der Waals surface area contributed by atoms with Gasteiger partial charge in [-0.2, -0.15) is 0 Å². The van der Waals surface area contributed by atoms with Gasteiger partial charge in [-0.1, -0.05) is 45.2 Å². The first kappa shape index (κ1) is 24.8. The highest BCUT2D eigenvalue weighted by Crippen LogP contribution is 2.29. The molecule has 1 aromatic heterocycles. The molecule has 1 aliphatic rings. The highest BCUT2D eigenvalue weighted by molar-refractivity contribution is 9.10. The lowest BCUT2D eigenvalue weighted by molar-refractivity contribution is -0.123. The minimum absolute atomic E-state index is 0.0259. The fraction of sp³-hybridized carbons (Fsp3) is 0.125. The van der Waals surface area contributed by atoms with Gasteiger partial charge in [0.1, 0.15) is 23.8 Å². The number of benzene rings is 2. The van der Waals surface area contributed by atoms with Crippen LogP contribution in [-0.4, -0.2) is 29.9 Å². The number of halogens is 3. The Morgan fingerprint density at radius 1 is 1.14 bits per heavy atom. The third-order valence-electron chi connectivity index (χ3n) is 4.99. The number of carbonyl (C=O) groups excluding carboxylic acids is 3. The topological polar surface area (TPSA) is 98.1 Å². The molecule has 2 aromatic carbocycles. The monoisotopic (exact) mass is 578 g/mol. The summed E-state index contributed by atoms with van der Waals surface area (Å²) in [5, 5.41) is 3.54. The van der Waals surface area contributed by atoms with E-state index in [-0.39, 0.29) is 30.4 Å². The maximum Gasteiger partial charge on any atom is 0.373 e. The van der Waals surface area contributed by atoms with Gasteiger partial charge in [-0.05, 0) is 48.5 Å². The highest BCUT2D eigenvalue weighted by Gasteiger charge is 2.34. The summed E-state index contributed by atoms with van der Waals surface area (Å²) in [6, 6.07) is 12.7. The van der Waals surface area contributed by atoms with E-state index in [0.717, 1.165) is 14.9 Å². The van der Waals surface area contributed by atoms with Crippen LogP contribution in [0.4, 0.5) is 4.79 Å². The Bertz CT molecular complexity index is 1350. The van der Waals surface area contributed by atoms with E-state index in [2.05, 4.69) is 26.0 Å². The number of amides is 3. The van der Waals surface area contributed by atoms with Crippen LogP contribution < -0.4 is 10.1 Å². The molecule has 1 aliphatic heterocycles. The lowest BCUT2D eigenvalue weighted by Crippen LogP contribution is -2.30. The van der Waals surface area contributed by atoms with E-state index in [0.29, 0.717) is 21.4 Å². The molecule has 3 aromatic rings. The van der Waals surface area contributed by atoms with Crippen LogP contribution in [0.2, 0.25) is 10.0 Å². The van der Waals surface area contributed by atoms with Crippen molar-refractivity contribution in [1.82, 2.24) is 10.2 Å². The van der Waals surface area contributed by atoms with E-state index in [1.165, 1.54) is 25.3 Å². The van der Waals surface area contributed by atoms with Crippen LogP contribution in [0.15, 0.2) is 63.1 Å². The van der Waals surface area contributed by atoms with Gasteiger partial charge in [-0.15, -0.1) is 0 Å². The average molecular weight is 580 g/mol. The molecule has 180 valence electrons. The van der Waals surface area contributed by atoms with Gasteiger partial charge < -0.3 is 19.2 Å². The van der Waals surface area contributed by atoms with Gasteiger partial charge in [0.05, 0.1) is 13.7 Å². The summed E-state index contributed by atoms with van der Waals surface area (Å²) < 4.78 is 16.6. The van der Waals surface area contributed by atoms with Crippen molar-refractivity contribution in [2.24, 2.45) is 0 Å². The molecular weight excluding hydrogens is 563 g/mol. The molecule has 2 heterocycles. The van der Waals surface area contributed by atoms with Gasteiger partial charge >= 0.3 is 12.0 Å². The minimum Gasteiger partial charge on any atom is -0.488 e. The Kier molecular flexibility index (Phi) is 7.49. The predicted molar refractivity (Wildman–Crippen MR) is 132 cm³/mol. The number of hydrogen-bond donors (Lipinski definition) is 1. The summed E-state index contributed by atoms with van der Waals surface area (Å²) in [6.07, 6.45) is 1.52. The van der Waals surface area contributed by atoms with Gasteiger partial charge in [0.25, 0.3) is 5.91 Å². The first-order valence-corrected chi connectivity index (χ1v) is 11.7. The van der Waals surface area contributed by atoms with Gasteiger partial charge in [-0.25, -0.2) is 9.59 Å². The van der Waals surface area contributed by atoms with Crippen LogP contribution in [0.1, 0.15) is 27.4 Å². The largest absolute Gasteiger partial charge is 0.488 e. The number of rotatable bonds is 7. The normalized spacial score (nSPS) is 14.4. The number of ether oxygens (including phenoxy) is 2. The Morgan fingerprint density at radius 2 is 1.94 bits per heavy atom. The summed E-state index contributed by atoms with van der Waals surface area (Å²) in [4.78, 5) is 37.9. The van der Waals surface area contributed by atoms with E-state index in [1.807, 2.05) is 0 Å². The van der Waals surface area contributed by atoms with Crippen molar-refractivity contribution < 1.29 is 28.3 Å². The minimum atomic E-state index is -0.656. The Morgan fingerprint density at radius 3 is 2.69 bits per heavy atom. The van der Waals surface area contributed by atoms with Crippen molar-refractivity contribution in [1.29, 1.82) is 0 Å². The van der Waals surface area contributed by atoms with Crippen molar-refractivity contribution in [3.05, 3.63) is 91.4 Å². The standard InChI is InChI=1S/C24H17BrCl2N2O6/c1-33-23(31)21-7-5-17(35-21)11-29-22(30)19(28-24(29)32)9-14-8-15(25)3-6-20(14)34-12-13-2-4-16(26)10-18(13)27/h2-10H,11-12H2,1H3,(H,28,32)/b19-9-. The fourth-order valence-electron chi connectivity index (χ4n) is 3.26. The van der Waals surface area contributed by atoms with Gasteiger partial charge in [0, 0.05) is 25.6 Å². The number of methoxy groups -OCH3 is 1. The van der Waals surface area contributed by atoms with Gasteiger partial charge in [-0.3, -0.25) is 9.69 Å². The molecule has 1 fully saturated rings. The zero-order chi connectivity index (χ0) is 25.1. The summed E-state index contributed by atoms with van der Waals surface area (Å²) >= 11 is 15.6. The predicted octanol–water partition coefficient (Wildman–Crippen LogP) is 5.81. The van der Waals surface area contributed by atoms with E-state index >= 15 is 0 Å². The lowest BCUT2D eigenvalue weighted by Gasteiger charge is -2.12. The van der Waals surface area contributed by atoms with Crippen molar-refractivity contribution in [3.8, 4) is 5.75 Å². The maximum atomic E-state index is 12.9. The average Bonchev–Trinajstić information content (AvgIpc) is 3.39. The second kappa shape index (κ2) is 10.6. The van der Waals surface area contributed by atoms with Crippen LogP contribution in [0.5, 0.6) is 5.75 Å². The number of nitrogens with zero attached hydrogens (tertiary/aromatic N) is 1. The van der Waals surface area contributed by atoms with Crippen molar-refractivity contribution in [2.75, 3.05) is 7.11 Å². The quantitative estimate of drug-likeness (QED) is 0.215. The summed E-state index contributed by atoms with van der Waals surface area (Å²) in [7, 11) is 1.23. The third kappa shape index (κ3) is 5.70. The van der Waals surface area contributed by atoms with Crippen LogP contribution in [0.25, 0.3) is 6.08 Å². The molecule has 3 amide bonds. The molecular formula is C24H17BrCl2N2O6. The Labute approximate surface area is 218 Å². The molecule has 0 aliphatic carbocycles. The van der Waals surface area contributed by atoms with Gasteiger partial charge in [0.15, 0.2) is 0 Å². The Balaban J connectivity index is 1.53. The molecule has 35 heavy (non-hydrogen) atoms. The van der Waals surface area contributed by atoms with Crippen molar-refractivity contribution in [2.45, 2.75) is 13.2 Å². The van der Waals surface area contributed by atoms with E-state index in [9.17, 15) is 14.4 Å². The van der Waals surface area contributed by atoms with E-state index in [4.69, 9.17) is 32.4 Å². The maximum absolute atomic E-state index is 12.9. The summed E-state index contributed by atoms with van der Waals surface area (Å²) in [5.74, 6) is -0.515. The molecule has 0 atom stereocenters. The number of urea groups is 1.